The van der Waals surface area contributed by atoms with Gasteiger partial charge in [0.05, 0.1) is 19.4 Å². The maximum absolute atomic E-state index is 12.8. The first-order valence-electron chi connectivity index (χ1n) is 10.5. The Bertz CT molecular complexity index is 1230. The molecule has 0 spiro atoms. The number of carbonyl (C=O) groups is 1. The molecule has 1 amide bonds. The Kier molecular flexibility index (Phi) is 5.57. The summed E-state index contributed by atoms with van der Waals surface area (Å²) in [4.78, 5) is 27.2. The van der Waals surface area contributed by atoms with Gasteiger partial charge in [0, 0.05) is 37.5 Å². The van der Waals surface area contributed by atoms with Crippen molar-refractivity contribution in [3.63, 3.8) is 0 Å². The minimum Gasteiger partial charge on any atom is -0.454 e. The molecule has 3 heterocycles. The number of ether oxygens (including phenoxy) is 4. The van der Waals surface area contributed by atoms with Crippen LogP contribution in [0.3, 0.4) is 0 Å². The van der Waals surface area contributed by atoms with Gasteiger partial charge in [0.25, 0.3) is 11.5 Å². The summed E-state index contributed by atoms with van der Waals surface area (Å²) in [5.74, 6) is 1.89. The van der Waals surface area contributed by atoms with Crippen LogP contribution in [-0.2, 0) is 11.8 Å². The molecule has 1 fully saturated rings. The number of anilines is 2. The van der Waals surface area contributed by atoms with Crippen molar-refractivity contribution in [1.82, 2.24) is 14.7 Å². The minimum atomic E-state index is -0.360. The minimum absolute atomic E-state index is 0.0449. The third-order valence-corrected chi connectivity index (χ3v) is 5.37. The predicted octanol–water partition coefficient (Wildman–Crippen LogP) is 2.52. The molecule has 0 bridgehead atoms. The van der Waals surface area contributed by atoms with Gasteiger partial charge in [-0.2, -0.15) is 5.10 Å². The Balaban J connectivity index is 1.37. The Morgan fingerprint density at radius 3 is 2.61 bits per heavy atom. The molecule has 0 radical (unpaired) electrons. The van der Waals surface area contributed by atoms with Crippen LogP contribution in [0.4, 0.5) is 11.4 Å². The molecule has 0 aliphatic carbocycles. The number of aromatic nitrogens is 2. The summed E-state index contributed by atoms with van der Waals surface area (Å²) in [7, 11) is 1.56. The topological polar surface area (TPSA) is 104 Å². The molecule has 1 aromatic heterocycles. The van der Waals surface area contributed by atoms with E-state index in [0.29, 0.717) is 54.8 Å². The molecule has 2 aliphatic heterocycles. The van der Waals surface area contributed by atoms with E-state index in [1.165, 1.54) is 10.9 Å². The van der Waals surface area contributed by atoms with Gasteiger partial charge >= 0.3 is 0 Å². The van der Waals surface area contributed by atoms with E-state index in [0.717, 1.165) is 0 Å². The molecule has 0 atom stereocenters. The number of amides is 1. The molecule has 2 aliphatic rings. The number of benzene rings is 2. The number of hydrogen-bond donors (Lipinski definition) is 1. The highest BCUT2D eigenvalue weighted by Gasteiger charge is 2.19. The van der Waals surface area contributed by atoms with Gasteiger partial charge < -0.3 is 29.2 Å². The van der Waals surface area contributed by atoms with E-state index >= 15 is 0 Å². The van der Waals surface area contributed by atoms with Gasteiger partial charge in [-0.15, -0.1) is 0 Å². The number of nitrogens with zero attached hydrogens (tertiary/aromatic N) is 3. The zero-order valence-corrected chi connectivity index (χ0v) is 17.9. The highest BCUT2D eigenvalue weighted by molar-refractivity contribution is 5.94. The molecule has 5 rings (SSSR count). The molecular weight excluding hydrogens is 428 g/mol. The summed E-state index contributed by atoms with van der Waals surface area (Å²) < 4.78 is 23.2. The third kappa shape index (κ3) is 4.33. The smallest absolute Gasteiger partial charge is 0.294 e. The lowest BCUT2D eigenvalue weighted by Gasteiger charge is -2.26. The first-order chi connectivity index (χ1) is 16.1. The Hall–Kier alpha value is -4.05. The summed E-state index contributed by atoms with van der Waals surface area (Å²) in [6, 6.07) is 12.1. The highest BCUT2D eigenvalue weighted by atomic mass is 16.7. The van der Waals surface area contributed by atoms with Crippen LogP contribution in [0.1, 0.15) is 10.4 Å². The molecule has 1 saturated heterocycles. The summed E-state index contributed by atoms with van der Waals surface area (Å²) in [6.45, 7) is 2.40. The van der Waals surface area contributed by atoms with Crippen LogP contribution in [0.25, 0.3) is 0 Å². The second kappa shape index (κ2) is 8.83. The largest absolute Gasteiger partial charge is 0.454 e. The van der Waals surface area contributed by atoms with Gasteiger partial charge in [0.15, 0.2) is 22.9 Å². The fourth-order valence-electron chi connectivity index (χ4n) is 3.57. The summed E-state index contributed by atoms with van der Waals surface area (Å²) in [6.07, 6.45) is 1.46. The average Bonchev–Trinajstić information content (AvgIpc) is 3.32. The first-order valence-corrected chi connectivity index (χ1v) is 10.5. The van der Waals surface area contributed by atoms with Crippen LogP contribution in [0.5, 0.6) is 23.0 Å². The fourth-order valence-corrected chi connectivity index (χ4v) is 3.57. The molecule has 2 aromatic carbocycles. The predicted molar refractivity (Wildman–Crippen MR) is 119 cm³/mol. The first kappa shape index (κ1) is 20.8. The van der Waals surface area contributed by atoms with Crippen LogP contribution >= 0.6 is 0 Å². The molecule has 1 N–H and O–H groups in total. The Labute approximate surface area is 189 Å². The fraction of sp³-hybridized carbons (Fsp3) is 0.261. The molecule has 170 valence electrons. The number of fused-ring (bicyclic) bond motifs is 1. The summed E-state index contributed by atoms with van der Waals surface area (Å²) in [5.41, 5.74) is 1.06. The third-order valence-electron chi connectivity index (χ3n) is 5.37. The van der Waals surface area contributed by atoms with E-state index in [1.807, 2.05) is 0 Å². The van der Waals surface area contributed by atoms with Crippen molar-refractivity contribution >= 4 is 17.3 Å². The van der Waals surface area contributed by atoms with E-state index < -0.39 is 0 Å². The van der Waals surface area contributed by atoms with E-state index in [9.17, 15) is 9.59 Å². The number of nitrogens with one attached hydrogen (secondary N) is 1. The number of morpholine rings is 1. The Morgan fingerprint density at radius 2 is 1.82 bits per heavy atom. The van der Waals surface area contributed by atoms with E-state index in [2.05, 4.69) is 10.4 Å². The molecule has 0 unspecified atom stereocenters. The zero-order valence-electron chi connectivity index (χ0n) is 17.9. The van der Waals surface area contributed by atoms with Gasteiger partial charge in [0.2, 0.25) is 6.79 Å². The van der Waals surface area contributed by atoms with Crippen LogP contribution < -0.4 is 25.1 Å². The van der Waals surface area contributed by atoms with Crippen molar-refractivity contribution in [1.29, 1.82) is 0 Å². The SMILES string of the molecule is Cn1ncc(Oc2ccc3c(c2)OCO3)c(Nc2ccc(C(=O)N3CCOCC3)cc2)c1=O. The monoisotopic (exact) mass is 450 g/mol. The number of rotatable bonds is 5. The lowest BCUT2D eigenvalue weighted by atomic mass is 10.1. The van der Waals surface area contributed by atoms with Gasteiger partial charge in [-0.3, -0.25) is 9.59 Å². The molecule has 33 heavy (non-hydrogen) atoms. The van der Waals surface area contributed by atoms with Crippen molar-refractivity contribution in [2.24, 2.45) is 7.05 Å². The number of hydrogen-bond acceptors (Lipinski definition) is 8. The average molecular weight is 450 g/mol. The van der Waals surface area contributed by atoms with E-state index in [4.69, 9.17) is 18.9 Å². The summed E-state index contributed by atoms with van der Waals surface area (Å²) in [5, 5.41) is 7.16. The maximum Gasteiger partial charge on any atom is 0.294 e. The quantitative estimate of drug-likeness (QED) is 0.633. The van der Waals surface area contributed by atoms with Crippen LogP contribution in [0.2, 0.25) is 0 Å². The van der Waals surface area contributed by atoms with Gasteiger partial charge in [-0.1, -0.05) is 0 Å². The maximum atomic E-state index is 12.8. The van der Waals surface area contributed by atoms with Crippen LogP contribution in [-0.4, -0.2) is 53.7 Å². The van der Waals surface area contributed by atoms with Crippen molar-refractivity contribution < 1.29 is 23.7 Å². The van der Waals surface area contributed by atoms with Crippen molar-refractivity contribution in [3.05, 3.63) is 64.6 Å². The molecule has 10 heteroatoms. The van der Waals surface area contributed by atoms with Gasteiger partial charge in [0.1, 0.15) is 5.75 Å². The number of aryl methyl sites for hydroxylation is 1. The van der Waals surface area contributed by atoms with Crippen LogP contribution in [0, 0.1) is 0 Å². The second-order valence-electron chi connectivity index (χ2n) is 7.54. The second-order valence-corrected chi connectivity index (χ2v) is 7.54. The van der Waals surface area contributed by atoms with Gasteiger partial charge in [-0.25, -0.2) is 4.68 Å². The molecular formula is C23H22N4O6. The molecule has 0 saturated carbocycles. The van der Waals surface area contributed by atoms with Crippen LogP contribution in [0.15, 0.2) is 53.5 Å². The van der Waals surface area contributed by atoms with Crippen molar-refractivity contribution in [2.45, 2.75) is 0 Å². The molecule has 3 aromatic rings. The lowest BCUT2D eigenvalue weighted by molar-refractivity contribution is 0.0303. The zero-order chi connectivity index (χ0) is 22.8. The van der Waals surface area contributed by atoms with Crippen molar-refractivity contribution in [2.75, 3.05) is 38.4 Å². The summed E-state index contributed by atoms with van der Waals surface area (Å²) >= 11 is 0. The highest BCUT2D eigenvalue weighted by Crippen LogP contribution is 2.37. The lowest BCUT2D eigenvalue weighted by Crippen LogP contribution is -2.40. The van der Waals surface area contributed by atoms with Crippen molar-refractivity contribution in [3.8, 4) is 23.0 Å². The van der Waals surface area contributed by atoms with E-state index in [1.54, 1.807) is 54.4 Å². The Morgan fingerprint density at radius 1 is 1.06 bits per heavy atom. The van der Waals surface area contributed by atoms with E-state index in [-0.39, 0.29) is 29.7 Å². The standard InChI is InChI=1S/C23H22N4O6/c1-26-23(29)21(20(13-24-26)33-17-6-7-18-19(12-17)32-14-31-18)25-16-4-2-15(3-5-16)22(28)27-8-10-30-11-9-27/h2-7,12-13,25H,8-11,14H2,1H3. The molecule has 10 nitrogen and oxygen atoms in total. The normalized spacial score (nSPS) is 14.8. The van der Waals surface area contributed by atoms with Gasteiger partial charge in [-0.05, 0) is 36.4 Å². The number of carbonyl (C=O) groups excluding carboxylic acids is 1.